The molecule has 126 valence electrons. The first-order chi connectivity index (χ1) is 11.1. The molecule has 2 nitrogen and oxygen atoms in total. The highest BCUT2D eigenvalue weighted by atomic mass is 19.1. The van der Waals surface area contributed by atoms with Gasteiger partial charge < -0.3 is 10.2 Å². The van der Waals surface area contributed by atoms with E-state index in [1.54, 1.807) is 12.1 Å². The molecule has 2 heterocycles. The Morgan fingerprint density at radius 3 is 2.96 bits per heavy atom. The van der Waals surface area contributed by atoms with Gasteiger partial charge in [0.15, 0.2) is 0 Å². The number of anilines is 1. The summed E-state index contributed by atoms with van der Waals surface area (Å²) in [6.07, 6.45) is 9.58. The molecular formula is C20H29FN2. The lowest BCUT2D eigenvalue weighted by atomic mass is 9.74. The average molecular weight is 316 g/mol. The van der Waals surface area contributed by atoms with Crippen LogP contribution in [0.5, 0.6) is 0 Å². The molecule has 0 amide bonds. The van der Waals surface area contributed by atoms with Crippen molar-refractivity contribution < 1.29 is 5.82 Å². The summed E-state index contributed by atoms with van der Waals surface area (Å²) in [5.74, 6) is 1.45. The second kappa shape index (κ2) is 5.94. The molecule has 1 aromatic rings. The van der Waals surface area contributed by atoms with Gasteiger partial charge in [-0.1, -0.05) is 19.1 Å². The molecule has 23 heavy (non-hydrogen) atoms. The standard InChI is InChI=1S/C20H27FN2.H2/c1-15-3-2-4-16(11-15)13-23-9-7-20(8-10-23)14-22-19-6-5-17(21)12-18(19)20;/h2-3,5-6,12,15-16,22H,4,7-11,13-14H2,1H3;1H/t15-,16+;/m1./s1. The van der Waals surface area contributed by atoms with Gasteiger partial charge in [-0.25, -0.2) is 4.39 Å². The molecule has 3 heteroatoms. The lowest BCUT2D eigenvalue weighted by Crippen LogP contribution is -2.45. The smallest absolute Gasteiger partial charge is 0.123 e. The maximum Gasteiger partial charge on any atom is 0.123 e. The highest BCUT2D eigenvalue weighted by molar-refractivity contribution is 5.60. The first kappa shape index (κ1) is 15.2. The number of halogens is 1. The molecule has 1 N–H and O–H groups in total. The number of nitrogens with one attached hydrogen (secondary N) is 1. The van der Waals surface area contributed by atoms with Crippen molar-refractivity contribution in [1.29, 1.82) is 0 Å². The van der Waals surface area contributed by atoms with Crippen LogP contribution in [-0.4, -0.2) is 31.1 Å². The number of nitrogens with zero attached hydrogens (tertiary/aromatic N) is 1. The van der Waals surface area contributed by atoms with E-state index in [1.807, 2.05) is 6.07 Å². The number of piperidine rings is 1. The van der Waals surface area contributed by atoms with Crippen molar-refractivity contribution in [1.82, 2.24) is 4.90 Å². The fourth-order valence-corrected chi connectivity index (χ4v) is 4.80. The van der Waals surface area contributed by atoms with Crippen LogP contribution >= 0.6 is 0 Å². The van der Waals surface area contributed by atoms with Crippen LogP contribution < -0.4 is 5.32 Å². The maximum atomic E-state index is 13.7. The summed E-state index contributed by atoms with van der Waals surface area (Å²) < 4.78 is 13.7. The predicted octanol–water partition coefficient (Wildman–Crippen LogP) is 4.43. The molecule has 3 aliphatic rings. The van der Waals surface area contributed by atoms with E-state index in [4.69, 9.17) is 0 Å². The van der Waals surface area contributed by atoms with E-state index >= 15 is 0 Å². The Bertz CT molecular complexity index is 608. The molecule has 1 spiro atoms. The number of benzene rings is 1. The van der Waals surface area contributed by atoms with E-state index in [0.29, 0.717) is 0 Å². The van der Waals surface area contributed by atoms with Crippen molar-refractivity contribution in [3.8, 4) is 0 Å². The van der Waals surface area contributed by atoms with Gasteiger partial charge in [0.05, 0.1) is 0 Å². The fourth-order valence-electron chi connectivity index (χ4n) is 4.80. The Hall–Kier alpha value is -1.35. The van der Waals surface area contributed by atoms with E-state index < -0.39 is 0 Å². The van der Waals surface area contributed by atoms with Gasteiger partial charge in [-0.15, -0.1) is 0 Å². The van der Waals surface area contributed by atoms with Crippen molar-refractivity contribution in [2.75, 3.05) is 31.5 Å². The van der Waals surface area contributed by atoms with Crippen molar-refractivity contribution in [2.45, 2.75) is 38.0 Å². The van der Waals surface area contributed by atoms with Gasteiger partial charge >= 0.3 is 0 Å². The summed E-state index contributed by atoms with van der Waals surface area (Å²) in [4.78, 5) is 2.64. The lowest BCUT2D eigenvalue weighted by molar-refractivity contribution is 0.141. The van der Waals surface area contributed by atoms with Gasteiger partial charge in [0.25, 0.3) is 0 Å². The summed E-state index contributed by atoms with van der Waals surface area (Å²) in [7, 11) is 0. The van der Waals surface area contributed by atoms with E-state index in [0.717, 1.165) is 50.0 Å². The minimum absolute atomic E-state index is 0. The topological polar surface area (TPSA) is 15.3 Å². The molecular weight excluding hydrogens is 287 g/mol. The molecule has 1 aliphatic carbocycles. The van der Waals surface area contributed by atoms with Crippen LogP contribution in [0.15, 0.2) is 30.4 Å². The van der Waals surface area contributed by atoms with Gasteiger partial charge in [0.1, 0.15) is 5.82 Å². The van der Waals surface area contributed by atoms with E-state index in [2.05, 4.69) is 29.3 Å². The summed E-state index contributed by atoms with van der Waals surface area (Å²) in [6, 6.07) is 5.23. The van der Waals surface area contributed by atoms with Crippen LogP contribution in [-0.2, 0) is 5.41 Å². The average Bonchev–Trinajstić information content (AvgIpc) is 2.88. The molecule has 0 radical (unpaired) electrons. The van der Waals surface area contributed by atoms with Crippen LogP contribution in [0.3, 0.4) is 0 Å². The van der Waals surface area contributed by atoms with Gasteiger partial charge in [0.2, 0.25) is 0 Å². The molecule has 0 aromatic heterocycles. The predicted molar refractivity (Wildman–Crippen MR) is 95.4 cm³/mol. The number of likely N-dealkylation sites (tertiary alicyclic amines) is 1. The Morgan fingerprint density at radius 2 is 2.17 bits per heavy atom. The minimum atomic E-state index is -0.0998. The van der Waals surface area contributed by atoms with Gasteiger partial charge in [-0.05, 0) is 74.4 Å². The molecule has 1 fully saturated rings. The van der Waals surface area contributed by atoms with Crippen molar-refractivity contribution in [2.24, 2.45) is 11.8 Å². The van der Waals surface area contributed by atoms with Crippen LogP contribution in [0.2, 0.25) is 0 Å². The Labute approximate surface area is 140 Å². The molecule has 2 atom stereocenters. The minimum Gasteiger partial charge on any atom is -0.384 e. The Morgan fingerprint density at radius 1 is 1.35 bits per heavy atom. The van der Waals surface area contributed by atoms with Crippen LogP contribution in [0.1, 0.15) is 39.6 Å². The molecule has 2 aliphatic heterocycles. The largest absolute Gasteiger partial charge is 0.384 e. The van der Waals surface area contributed by atoms with Gasteiger partial charge in [0, 0.05) is 25.6 Å². The zero-order valence-corrected chi connectivity index (χ0v) is 14.0. The molecule has 0 bridgehead atoms. The van der Waals surface area contributed by atoms with Crippen LogP contribution in [0, 0.1) is 17.7 Å². The summed E-state index contributed by atoms with van der Waals surface area (Å²) >= 11 is 0. The Balaban J connectivity index is 0.00000169. The lowest BCUT2D eigenvalue weighted by Gasteiger charge is -2.41. The zero-order valence-electron chi connectivity index (χ0n) is 14.0. The number of hydrogen-bond acceptors (Lipinski definition) is 2. The third-order valence-corrected chi connectivity index (χ3v) is 6.14. The third-order valence-electron chi connectivity index (χ3n) is 6.14. The van der Waals surface area contributed by atoms with Crippen LogP contribution in [0.25, 0.3) is 0 Å². The van der Waals surface area contributed by atoms with E-state index in [9.17, 15) is 4.39 Å². The summed E-state index contributed by atoms with van der Waals surface area (Å²) in [6.45, 7) is 6.82. The summed E-state index contributed by atoms with van der Waals surface area (Å²) in [5, 5.41) is 3.50. The maximum absolute atomic E-state index is 13.7. The first-order valence-corrected chi connectivity index (χ1v) is 9.08. The monoisotopic (exact) mass is 316 g/mol. The number of hydrogen-bond donors (Lipinski definition) is 1. The first-order valence-electron chi connectivity index (χ1n) is 9.08. The third kappa shape index (κ3) is 2.91. The highest BCUT2D eigenvalue weighted by Crippen LogP contribution is 2.44. The fraction of sp³-hybridized carbons (Fsp3) is 0.600. The number of fused-ring (bicyclic) bond motifs is 2. The number of rotatable bonds is 2. The van der Waals surface area contributed by atoms with Gasteiger partial charge in [-0.2, -0.15) is 0 Å². The normalized spacial score (nSPS) is 29.5. The van der Waals surface area contributed by atoms with E-state index in [1.165, 1.54) is 24.9 Å². The SMILES string of the molecule is C[C@@H]1C=CC[C@H](CN2CCC3(CC2)CNc2ccc(F)cc23)C1.[HH]. The highest BCUT2D eigenvalue weighted by Gasteiger charge is 2.41. The van der Waals surface area contributed by atoms with Crippen molar-refractivity contribution in [3.63, 3.8) is 0 Å². The molecule has 4 rings (SSSR count). The van der Waals surface area contributed by atoms with Crippen molar-refractivity contribution in [3.05, 3.63) is 41.7 Å². The summed E-state index contributed by atoms with van der Waals surface area (Å²) in [5.41, 5.74) is 2.52. The van der Waals surface area contributed by atoms with Gasteiger partial charge in [-0.3, -0.25) is 0 Å². The number of allylic oxidation sites excluding steroid dienone is 2. The molecule has 0 unspecified atom stereocenters. The molecule has 0 saturated carbocycles. The van der Waals surface area contributed by atoms with E-state index in [-0.39, 0.29) is 12.7 Å². The zero-order chi connectivity index (χ0) is 15.9. The molecule has 1 aromatic carbocycles. The quantitative estimate of drug-likeness (QED) is 0.812. The van der Waals surface area contributed by atoms with Crippen LogP contribution in [0.4, 0.5) is 10.1 Å². The second-order valence-electron chi connectivity index (χ2n) is 7.87. The van der Waals surface area contributed by atoms with Crippen molar-refractivity contribution >= 4 is 5.69 Å². The second-order valence-corrected chi connectivity index (χ2v) is 7.87. The Kier molecular flexibility index (Phi) is 3.92. The molecule has 1 saturated heterocycles.